The first-order chi connectivity index (χ1) is 7.07. The summed E-state index contributed by atoms with van der Waals surface area (Å²) < 4.78 is 4.87. The Kier molecular flexibility index (Phi) is 3.88. The van der Waals surface area contributed by atoms with Gasteiger partial charge >= 0.3 is 11.9 Å². The average Bonchev–Trinajstić information content (AvgIpc) is 2.17. The van der Waals surface area contributed by atoms with Crippen molar-refractivity contribution in [3.63, 3.8) is 0 Å². The average molecular weight is 212 g/mol. The minimum atomic E-state index is -0.926. The molecule has 84 valence electrons. The summed E-state index contributed by atoms with van der Waals surface area (Å²) in [5.41, 5.74) is 0. The number of carboxylic acids is 1. The van der Waals surface area contributed by atoms with Crippen LogP contribution in [0.15, 0.2) is 12.2 Å². The van der Waals surface area contributed by atoms with Gasteiger partial charge < -0.3 is 9.84 Å². The fourth-order valence-corrected chi connectivity index (χ4v) is 1.96. The Bertz CT molecular complexity index is 282. The highest BCUT2D eigenvalue weighted by atomic mass is 16.5. The van der Waals surface area contributed by atoms with Crippen LogP contribution < -0.4 is 0 Å². The Morgan fingerprint density at radius 3 is 2.73 bits per heavy atom. The van der Waals surface area contributed by atoms with Crippen LogP contribution in [0.2, 0.25) is 0 Å². The molecule has 1 rings (SSSR count). The van der Waals surface area contributed by atoms with Gasteiger partial charge in [0.2, 0.25) is 0 Å². The number of hydrogen-bond donors (Lipinski definition) is 1. The standard InChI is InChI=1S/C11H16O4/c1-3-15-11(14)8-6-4-5-7(2)9(8)10(12)13/h4-5,7-9H,3,6H2,1-2H3,(H,12,13)/t7-,8-,9-/m1/s1. The van der Waals surface area contributed by atoms with Crippen LogP contribution in [0.4, 0.5) is 0 Å². The van der Waals surface area contributed by atoms with Crippen molar-refractivity contribution in [1.29, 1.82) is 0 Å². The van der Waals surface area contributed by atoms with Crippen molar-refractivity contribution in [1.82, 2.24) is 0 Å². The fraction of sp³-hybridized carbons (Fsp3) is 0.636. The third kappa shape index (κ3) is 2.58. The fourth-order valence-electron chi connectivity index (χ4n) is 1.96. The Hall–Kier alpha value is -1.32. The van der Waals surface area contributed by atoms with Gasteiger partial charge in [-0.2, -0.15) is 0 Å². The van der Waals surface area contributed by atoms with Crippen molar-refractivity contribution in [2.45, 2.75) is 20.3 Å². The Labute approximate surface area is 88.9 Å². The molecule has 15 heavy (non-hydrogen) atoms. The number of hydrogen-bond acceptors (Lipinski definition) is 3. The summed E-state index contributed by atoms with van der Waals surface area (Å²) in [4.78, 5) is 22.6. The van der Waals surface area contributed by atoms with Crippen LogP contribution in [0, 0.1) is 17.8 Å². The molecule has 1 aliphatic carbocycles. The van der Waals surface area contributed by atoms with Gasteiger partial charge in [0.15, 0.2) is 0 Å². The summed E-state index contributed by atoms with van der Waals surface area (Å²) in [5.74, 6) is -2.65. The highest BCUT2D eigenvalue weighted by Crippen LogP contribution is 2.31. The molecule has 1 N–H and O–H groups in total. The second-order valence-electron chi connectivity index (χ2n) is 3.75. The van der Waals surface area contributed by atoms with E-state index in [4.69, 9.17) is 9.84 Å². The molecular formula is C11H16O4. The maximum absolute atomic E-state index is 11.5. The van der Waals surface area contributed by atoms with Gasteiger partial charge in [0.25, 0.3) is 0 Å². The Morgan fingerprint density at radius 2 is 2.20 bits per heavy atom. The predicted octanol–water partition coefficient (Wildman–Crippen LogP) is 1.46. The van der Waals surface area contributed by atoms with Crippen molar-refractivity contribution in [3.05, 3.63) is 12.2 Å². The first kappa shape index (κ1) is 11.8. The smallest absolute Gasteiger partial charge is 0.310 e. The molecule has 4 heteroatoms. The van der Waals surface area contributed by atoms with Crippen molar-refractivity contribution < 1.29 is 19.4 Å². The summed E-state index contributed by atoms with van der Waals surface area (Å²) in [7, 11) is 0. The van der Waals surface area contributed by atoms with E-state index in [1.807, 2.05) is 12.2 Å². The van der Waals surface area contributed by atoms with Gasteiger partial charge in [-0.1, -0.05) is 19.1 Å². The molecule has 0 saturated heterocycles. The van der Waals surface area contributed by atoms with E-state index in [-0.39, 0.29) is 5.92 Å². The summed E-state index contributed by atoms with van der Waals surface area (Å²) >= 11 is 0. The predicted molar refractivity (Wildman–Crippen MR) is 54.2 cm³/mol. The third-order valence-corrected chi connectivity index (χ3v) is 2.70. The molecule has 0 bridgehead atoms. The van der Waals surface area contributed by atoms with Crippen molar-refractivity contribution in [2.75, 3.05) is 6.61 Å². The van der Waals surface area contributed by atoms with Crippen LogP contribution in [0.3, 0.4) is 0 Å². The molecule has 0 aromatic heterocycles. The van der Waals surface area contributed by atoms with E-state index >= 15 is 0 Å². The molecule has 0 spiro atoms. The van der Waals surface area contributed by atoms with E-state index < -0.39 is 23.8 Å². The number of aliphatic carboxylic acids is 1. The summed E-state index contributed by atoms with van der Waals surface area (Å²) in [6.07, 6.45) is 4.15. The normalized spacial score (nSPS) is 29.9. The number of ether oxygens (including phenoxy) is 1. The zero-order valence-corrected chi connectivity index (χ0v) is 8.97. The van der Waals surface area contributed by atoms with Crippen molar-refractivity contribution in [2.24, 2.45) is 17.8 Å². The topological polar surface area (TPSA) is 63.6 Å². The molecule has 3 atom stereocenters. The quantitative estimate of drug-likeness (QED) is 0.568. The van der Waals surface area contributed by atoms with E-state index in [9.17, 15) is 9.59 Å². The van der Waals surface area contributed by atoms with E-state index in [2.05, 4.69) is 0 Å². The highest BCUT2D eigenvalue weighted by Gasteiger charge is 2.38. The number of carbonyl (C=O) groups excluding carboxylic acids is 1. The first-order valence-electron chi connectivity index (χ1n) is 5.14. The molecule has 0 radical (unpaired) electrons. The van der Waals surface area contributed by atoms with Gasteiger partial charge in [0.05, 0.1) is 18.4 Å². The number of esters is 1. The van der Waals surface area contributed by atoms with Crippen LogP contribution >= 0.6 is 0 Å². The van der Waals surface area contributed by atoms with Crippen LogP contribution in [0.1, 0.15) is 20.3 Å². The van der Waals surface area contributed by atoms with E-state index in [1.54, 1.807) is 13.8 Å². The second-order valence-corrected chi connectivity index (χ2v) is 3.75. The molecule has 0 saturated carbocycles. The van der Waals surface area contributed by atoms with Gasteiger partial charge in [-0.05, 0) is 19.3 Å². The summed E-state index contributed by atoms with van der Waals surface area (Å²) in [6, 6.07) is 0. The maximum Gasteiger partial charge on any atom is 0.310 e. The van der Waals surface area contributed by atoms with Crippen molar-refractivity contribution >= 4 is 11.9 Å². The van der Waals surface area contributed by atoms with Gasteiger partial charge in [0.1, 0.15) is 0 Å². The molecule has 0 fully saturated rings. The molecule has 0 aromatic rings. The second kappa shape index (κ2) is 4.96. The number of allylic oxidation sites excluding steroid dienone is 2. The van der Waals surface area contributed by atoms with Crippen LogP contribution in [-0.2, 0) is 14.3 Å². The molecule has 0 aromatic carbocycles. The maximum atomic E-state index is 11.5. The molecule has 0 unspecified atom stereocenters. The van der Waals surface area contributed by atoms with Gasteiger partial charge in [-0.25, -0.2) is 0 Å². The SMILES string of the molecule is CCOC(=O)[C@@H]1CC=C[C@@H](C)[C@H]1C(=O)O. The number of rotatable bonds is 3. The summed E-state index contributed by atoms with van der Waals surface area (Å²) in [6.45, 7) is 3.82. The van der Waals surface area contributed by atoms with E-state index in [0.717, 1.165) is 0 Å². The van der Waals surface area contributed by atoms with Crippen LogP contribution in [-0.4, -0.2) is 23.7 Å². The monoisotopic (exact) mass is 212 g/mol. The zero-order chi connectivity index (χ0) is 11.4. The first-order valence-corrected chi connectivity index (χ1v) is 5.14. The molecule has 0 heterocycles. The lowest BCUT2D eigenvalue weighted by Gasteiger charge is -2.28. The number of carboxylic acid groups (broad SMARTS) is 1. The van der Waals surface area contributed by atoms with Gasteiger partial charge in [-0.3, -0.25) is 9.59 Å². The Balaban J connectivity index is 2.81. The van der Waals surface area contributed by atoms with Gasteiger partial charge in [-0.15, -0.1) is 0 Å². The molecule has 1 aliphatic rings. The minimum Gasteiger partial charge on any atom is -0.481 e. The van der Waals surface area contributed by atoms with Crippen molar-refractivity contribution in [3.8, 4) is 0 Å². The number of carbonyl (C=O) groups is 2. The lowest BCUT2D eigenvalue weighted by atomic mass is 9.76. The summed E-state index contributed by atoms with van der Waals surface area (Å²) in [5, 5.41) is 9.05. The minimum absolute atomic E-state index is 0.120. The lowest BCUT2D eigenvalue weighted by molar-refractivity contribution is -0.159. The van der Waals surface area contributed by atoms with Crippen LogP contribution in [0.25, 0.3) is 0 Å². The van der Waals surface area contributed by atoms with E-state index in [0.29, 0.717) is 13.0 Å². The molecule has 0 aliphatic heterocycles. The van der Waals surface area contributed by atoms with E-state index in [1.165, 1.54) is 0 Å². The van der Waals surface area contributed by atoms with Crippen LogP contribution in [0.5, 0.6) is 0 Å². The lowest BCUT2D eigenvalue weighted by Crippen LogP contribution is -2.36. The molecule has 4 nitrogen and oxygen atoms in total. The molecule has 0 amide bonds. The zero-order valence-electron chi connectivity index (χ0n) is 8.97. The molecular weight excluding hydrogens is 196 g/mol. The van der Waals surface area contributed by atoms with Gasteiger partial charge in [0, 0.05) is 0 Å². The third-order valence-electron chi connectivity index (χ3n) is 2.70. The Morgan fingerprint density at radius 1 is 1.53 bits per heavy atom. The highest BCUT2D eigenvalue weighted by molar-refractivity contribution is 5.82. The largest absolute Gasteiger partial charge is 0.481 e.